The first-order valence-electron chi connectivity index (χ1n) is 2.97. The molecule has 1 nitrogen and oxygen atoms in total. The molecule has 0 aliphatic rings. The summed E-state index contributed by atoms with van der Waals surface area (Å²) in [5, 5.41) is 0. The molecule has 1 aromatic rings. The van der Waals surface area contributed by atoms with Crippen LogP contribution in [0.5, 0.6) is 0 Å². The van der Waals surface area contributed by atoms with Gasteiger partial charge in [-0.2, -0.15) is 0 Å². The Morgan fingerprint density at radius 2 is 2.33 bits per heavy atom. The molecule has 1 heterocycles. The quantitative estimate of drug-likeness (QED) is 0.586. The second-order valence-electron chi connectivity index (χ2n) is 2.04. The maximum absolute atomic E-state index is 4.19. The van der Waals surface area contributed by atoms with E-state index in [9.17, 15) is 0 Å². The number of pyridine rings is 1. The Kier molecular flexibility index (Phi) is 2.29. The van der Waals surface area contributed by atoms with Crippen molar-refractivity contribution < 1.29 is 0 Å². The molecule has 1 aromatic heterocycles. The first kappa shape index (κ1) is 6.82. The van der Waals surface area contributed by atoms with Gasteiger partial charge in [0.15, 0.2) is 0 Å². The molecule has 2 atom stereocenters. The summed E-state index contributed by atoms with van der Waals surface area (Å²) in [4.78, 5) is 4.19. The van der Waals surface area contributed by atoms with Crippen molar-refractivity contribution >= 4 is 16.9 Å². The average molecular weight is 183 g/mol. The van der Waals surface area contributed by atoms with Crippen molar-refractivity contribution in [2.24, 2.45) is 0 Å². The van der Waals surface area contributed by atoms with Crippen LogP contribution < -0.4 is 0 Å². The van der Waals surface area contributed by atoms with Crippen molar-refractivity contribution in [3.63, 3.8) is 0 Å². The number of rotatable bonds is 1. The Labute approximate surface area is 64.0 Å². The van der Waals surface area contributed by atoms with Gasteiger partial charge >= 0.3 is 63.6 Å². The van der Waals surface area contributed by atoms with E-state index in [-0.39, 0.29) is 0 Å². The molecule has 9 heavy (non-hydrogen) atoms. The molecular formula is C7H10AsN. The Morgan fingerprint density at radius 3 is 2.67 bits per heavy atom. The van der Waals surface area contributed by atoms with Gasteiger partial charge in [-0.05, 0) is 0 Å². The zero-order valence-electron chi connectivity index (χ0n) is 5.41. The second-order valence-corrected chi connectivity index (χ2v) is 4.14. The Bertz CT molecular complexity index is 172. The van der Waals surface area contributed by atoms with Gasteiger partial charge in [0.2, 0.25) is 0 Å². The van der Waals surface area contributed by atoms with Gasteiger partial charge in [-0.15, -0.1) is 0 Å². The number of aromatic nitrogens is 1. The summed E-state index contributed by atoms with van der Waals surface area (Å²) in [7, 11) is 0. The SMILES string of the molecule is CC([AsH2])c1ccccn1. The third-order valence-corrected chi connectivity index (χ3v) is 1.87. The molecule has 0 amide bonds. The standard InChI is InChI=1S/C7H10AsN/c1-6(8)7-4-2-3-5-9-7/h2-6H,8H2,1H3. The van der Waals surface area contributed by atoms with Gasteiger partial charge in [-0.3, -0.25) is 0 Å². The Balaban J connectivity index is 2.85. The van der Waals surface area contributed by atoms with Gasteiger partial charge in [0.1, 0.15) is 0 Å². The van der Waals surface area contributed by atoms with Crippen LogP contribution in [0, 0.1) is 0 Å². The molecule has 0 spiro atoms. The molecule has 0 N–H and O–H groups in total. The fraction of sp³-hybridized carbons (Fsp3) is 0.286. The average Bonchev–Trinajstić information content (AvgIpc) is 1.90. The fourth-order valence-electron chi connectivity index (χ4n) is 0.645. The molecule has 0 bridgehead atoms. The van der Waals surface area contributed by atoms with Crippen LogP contribution in [0.3, 0.4) is 0 Å². The van der Waals surface area contributed by atoms with Gasteiger partial charge in [-0.25, -0.2) is 0 Å². The molecule has 0 aromatic carbocycles. The number of hydrogen-bond acceptors (Lipinski definition) is 1. The van der Waals surface area contributed by atoms with Gasteiger partial charge in [0.05, 0.1) is 0 Å². The Hall–Kier alpha value is -0.292. The van der Waals surface area contributed by atoms with Crippen LogP contribution in [0.1, 0.15) is 17.3 Å². The molecule has 2 heteroatoms. The predicted molar refractivity (Wildman–Crippen MR) is 41.2 cm³/mol. The van der Waals surface area contributed by atoms with E-state index in [1.165, 1.54) is 5.69 Å². The predicted octanol–water partition coefficient (Wildman–Crippen LogP) is 0.776. The van der Waals surface area contributed by atoms with E-state index in [4.69, 9.17) is 0 Å². The third-order valence-electron chi connectivity index (χ3n) is 1.15. The van der Waals surface area contributed by atoms with Crippen LogP contribution in [0.4, 0.5) is 0 Å². The molecular weight excluding hydrogens is 173 g/mol. The number of hydrogen-bond donors (Lipinski definition) is 0. The molecule has 48 valence electrons. The van der Waals surface area contributed by atoms with E-state index in [2.05, 4.69) is 18.0 Å². The van der Waals surface area contributed by atoms with E-state index >= 15 is 0 Å². The minimum absolute atomic E-state index is 0.610. The van der Waals surface area contributed by atoms with E-state index < -0.39 is 0 Å². The normalized spacial score (nSPS) is 13.1. The summed E-state index contributed by atoms with van der Waals surface area (Å²) in [6.45, 7) is 2.17. The first-order valence-corrected chi connectivity index (χ1v) is 4.37. The second kappa shape index (κ2) is 3.03. The van der Waals surface area contributed by atoms with Crippen LogP contribution in [0.2, 0.25) is 0 Å². The molecule has 2 unspecified atom stereocenters. The van der Waals surface area contributed by atoms with Crippen LogP contribution in [0.25, 0.3) is 0 Å². The summed E-state index contributed by atoms with van der Waals surface area (Å²) >= 11 is 1.71. The molecule has 0 aliphatic carbocycles. The van der Waals surface area contributed by atoms with E-state index in [1.54, 1.807) is 16.9 Å². The van der Waals surface area contributed by atoms with Crippen LogP contribution >= 0.6 is 0 Å². The van der Waals surface area contributed by atoms with E-state index in [0.717, 1.165) is 0 Å². The van der Waals surface area contributed by atoms with Crippen molar-refractivity contribution in [1.29, 1.82) is 0 Å². The number of nitrogens with zero attached hydrogens (tertiary/aromatic N) is 1. The fourth-order valence-corrected chi connectivity index (χ4v) is 1.06. The van der Waals surface area contributed by atoms with Crippen molar-refractivity contribution in [3.05, 3.63) is 30.1 Å². The summed E-state index contributed by atoms with van der Waals surface area (Å²) in [6.07, 6.45) is 1.84. The summed E-state index contributed by atoms with van der Waals surface area (Å²) in [6, 6.07) is 6.03. The molecule has 1 rings (SSSR count). The first-order chi connectivity index (χ1) is 4.30. The van der Waals surface area contributed by atoms with Crippen molar-refractivity contribution in [3.8, 4) is 0 Å². The monoisotopic (exact) mass is 183 g/mol. The third kappa shape index (κ3) is 1.83. The molecule has 0 aliphatic heterocycles. The van der Waals surface area contributed by atoms with Crippen LogP contribution in [-0.4, -0.2) is 21.8 Å². The van der Waals surface area contributed by atoms with Crippen molar-refractivity contribution in [2.75, 3.05) is 0 Å². The zero-order chi connectivity index (χ0) is 6.69. The van der Waals surface area contributed by atoms with Crippen molar-refractivity contribution in [2.45, 2.75) is 11.6 Å². The summed E-state index contributed by atoms with van der Waals surface area (Å²) in [5.74, 6) is 0. The topological polar surface area (TPSA) is 12.9 Å². The van der Waals surface area contributed by atoms with Gasteiger partial charge in [0.25, 0.3) is 0 Å². The van der Waals surface area contributed by atoms with E-state index in [1.807, 2.05) is 18.3 Å². The maximum atomic E-state index is 4.19. The van der Waals surface area contributed by atoms with E-state index in [0.29, 0.717) is 4.71 Å². The molecule has 0 radical (unpaired) electrons. The molecule has 0 saturated carbocycles. The van der Waals surface area contributed by atoms with Crippen LogP contribution in [-0.2, 0) is 0 Å². The summed E-state index contributed by atoms with van der Waals surface area (Å²) < 4.78 is 0.610. The minimum atomic E-state index is 0.610. The van der Waals surface area contributed by atoms with Gasteiger partial charge in [-0.1, -0.05) is 0 Å². The molecule has 0 fully saturated rings. The molecule has 0 saturated heterocycles. The van der Waals surface area contributed by atoms with Crippen molar-refractivity contribution in [1.82, 2.24) is 4.98 Å². The van der Waals surface area contributed by atoms with Crippen LogP contribution in [0.15, 0.2) is 24.4 Å². The van der Waals surface area contributed by atoms with Gasteiger partial charge < -0.3 is 0 Å². The Morgan fingerprint density at radius 1 is 1.56 bits per heavy atom. The van der Waals surface area contributed by atoms with Gasteiger partial charge in [0, 0.05) is 0 Å². The zero-order valence-corrected chi connectivity index (χ0v) is 7.83. The summed E-state index contributed by atoms with van der Waals surface area (Å²) in [5.41, 5.74) is 1.19.